The highest BCUT2D eigenvalue weighted by atomic mass is 16.6. The molecule has 1 aliphatic rings. The smallest absolute Gasteiger partial charge is 0.334 e. The number of rotatable bonds is 2. The van der Waals surface area contributed by atoms with Crippen LogP contribution < -0.4 is 5.56 Å². The average molecular weight is 210 g/mol. The molecule has 1 atom stereocenters. The van der Waals surface area contributed by atoms with Gasteiger partial charge >= 0.3 is 11.2 Å². The van der Waals surface area contributed by atoms with Crippen molar-refractivity contribution in [3.05, 3.63) is 38.8 Å². The molecule has 2 rings (SSSR count). The molecule has 2 heterocycles. The predicted molar refractivity (Wildman–Crippen MR) is 51.6 cm³/mol. The van der Waals surface area contributed by atoms with Gasteiger partial charge < -0.3 is 4.74 Å². The summed E-state index contributed by atoms with van der Waals surface area (Å²) in [7, 11) is 0. The minimum atomic E-state index is -0.673. The fourth-order valence-electron chi connectivity index (χ4n) is 1.64. The van der Waals surface area contributed by atoms with E-state index in [0.717, 1.165) is 12.8 Å². The maximum atomic E-state index is 11.6. The molecular weight excluding hydrogens is 200 g/mol. The van der Waals surface area contributed by atoms with Gasteiger partial charge in [-0.25, -0.2) is 0 Å². The van der Waals surface area contributed by atoms with Gasteiger partial charge in [0.15, 0.2) is 0 Å². The average Bonchev–Trinajstić information content (AvgIpc) is 2.70. The molecule has 1 saturated heterocycles. The number of nitro groups is 1. The highest BCUT2D eigenvalue weighted by Gasteiger charge is 2.22. The molecule has 0 spiro atoms. The topological polar surface area (TPSA) is 74.4 Å². The monoisotopic (exact) mass is 210 g/mol. The van der Waals surface area contributed by atoms with Gasteiger partial charge in [0.05, 0.1) is 4.92 Å². The number of aromatic nitrogens is 1. The molecule has 0 aromatic carbocycles. The summed E-state index contributed by atoms with van der Waals surface area (Å²) < 4.78 is 6.58. The molecular formula is C9H10N2O4. The number of nitrogens with zero attached hydrogens (tertiary/aromatic N) is 2. The number of ether oxygens (including phenoxy) is 1. The fourth-order valence-corrected chi connectivity index (χ4v) is 1.64. The van der Waals surface area contributed by atoms with E-state index in [0.29, 0.717) is 6.61 Å². The molecule has 15 heavy (non-hydrogen) atoms. The largest absolute Gasteiger partial charge is 0.358 e. The molecule has 0 amide bonds. The lowest BCUT2D eigenvalue weighted by Gasteiger charge is -2.11. The third-order valence-electron chi connectivity index (χ3n) is 2.37. The Labute approximate surface area is 85.2 Å². The van der Waals surface area contributed by atoms with E-state index in [1.165, 1.54) is 22.9 Å². The second-order valence-electron chi connectivity index (χ2n) is 3.33. The van der Waals surface area contributed by atoms with Gasteiger partial charge in [0.25, 0.3) is 0 Å². The Morgan fingerprint density at radius 2 is 2.40 bits per heavy atom. The second kappa shape index (κ2) is 3.82. The maximum Gasteiger partial charge on any atom is 0.334 e. The Balaban J connectivity index is 2.44. The summed E-state index contributed by atoms with van der Waals surface area (Å²) in [6, 6.07) is 2.69. The first-order valence-corrected chi connectivity index (χ1v) is 4.67. The third kappa shape index (κ3) is 1.75. The molecule has 0 radical (unpaired) electrons. The Morgan fingerprint density at radius 3 is 3.00 bits per heavy atom. The zero-order valence-corrected chi connectivity index (χ0v) is 7.96. The van der Waals surface area contributed by atoms with Gasteiger partial charge in [-0.15, -0.1) is 0 Å². The molecule has 1 aromatic heterocycles. The minimum Gasteiger partial charge on any atom is -0.358 e. The lowest BCUT2D eigenvalue weighted by Crippen LogP contribution is -2.25. The minimum absolute atomic E-state index is 0.350. The van der Waals surface area contributed by atoms with Crippen LogP contribution in [-0.4, -0.2) is 16.1 Å². The Kier molecular flexibility index (Phi) is 2.51. The highest BCUT2D eigenvalue weighted by Crippen LogP contribution is 2.21. The van der Waals surface area contributed by atoms with Crippen molar-refractivity contribution in [1.29, 1.82) is 0 Å². The summed E-state index contributed by atoms with van der Waals surface area (Å²) in [5.41, 5.74) is -1.01. The summed E-state index contributed by atoms with van der Waals surface area (Å²) in [5, 5.41) is 10.5. The number of hydrogen-bond acceptors (Lipinski definition) is 4. The van der Waals surface area contributed by atoms with Crippen LogP contribution in [0.25, 0.3) is 0 Å². The third-order valence-corrected chi connectivity index (χ3v) is 2.37. The summed E-state index contributed by atoms with van der Waals surface area (Å²) in [5.74, 6) is 0. The zero-order valence-electron chi connectivity index (χ0n) is 7.96. The van der Waals surface area contributed by atoms with Gasteiger partial charge in [0.2, 0.25) is 0 Å². The summed E-state index contributed by atoms with van der Waals surface area (Å²) in [6.45, 7) is 0.597. The van der Waals surface area contributed by atoms with Crippen LogP contribution in [0.4, 0.5) is 5.69 Å². The molecule has 1 aromatic rings. The van der Waals surface area contributed by atoms with Crippen molar-refractivity contribution in [1.82, 2.24) is 4.57 Å². The molecule has 0 saturated carbocycles. The lowest BCUT2D eigenvalue weighted by molar-refractivity contribution is -0.386. The Bertz CT molecular complexity index is 434. The summed E-state index contributed by atoms with van der Waals surface area (Å²) in [4.78, 5) is 21.5. The first kappa shape index (κ1) is 9.85. The molecule has 80 valence electrons. The van der Waals surface area contributed by atoms with Crippen LogP contribution in [0.15, 0.2) is 23.1 Å². The molecule has 6 nitrogen and oxygen atoms in total. The molecule has 0 N–H and O–H groups in total. The highest BCUT2D eigenvalue weighted by molar-refractivity contribution is 5.25. The van der Waals surface area contributed by atoms with Gasteiger partial charge in [0.1, 0.15) is 6.23 Å². The van der Waals surface area contributed by atoms with Crippen molar-refractivity contribution < 1.29 is 9.66 Å². The zero-order chi connectivity index (χ0) is 10.8. The van der Waals surface area contributed by atoms with Gasteiger partial charge in [0, 0.05) is 18.9 Å². The predicted octanol–water partition coefficient (Wildman–Crippen LogP) is 1.07. The van der Waals surface area contributed by atoms with E-state index in [9.17, 15) is 14.9 Å². The van der Waals surface area contributed by atoms with Crippen LogP contribution in [0.2, 0.25) is 0 Å². The van der Waals surface area contributed by atoms with Crippen molar-refractivity contribution >= 4 is 5.69 Å². The van der Waals surface area contributed by atoms with E-state index in [2.05, 4.69) is 0 Å². The standard InChI is InChI=1S/C9H10N2O4/c12-9-7(11(13)14)3-1-5-10(9)8-4-2-6-15-8/h1,3,5,8H,2,4,6H2. The van der Waals surface area contributed by atoms with Crippen molar-refractivity contribution in [2.75, 3.05) is 6.61 Å². The molecule has 1 aliphatic heterocycles. The van der Waals surface area contributed by atoms with Crippen LogP contribution in [0.5, 0.6) is 0 Å². The van der Waals surface area contributed by atoms with E-state index < -0.39 is 16.2 Å². The van der Waals surface area contributed by atoms with E-state index in [1.807, 2.05) is 0 Å². The van der Waals surface area contributed by atoms with Crippen molar-refractivity contribution in [3.63, 3.8) is 0 Å². The quantitative estimate of drug-likeness (QED) is 0.540. The van der Waals surface area contributed by atoms with Gasteiger partial charge in [-0.05, 0) is 18.9 Å². The van der Waals surface area contributed by atoms with Crippen molar-refractivity contribution in [2.45, 2.75) is 19.1 Å². The van der Waals surface area contributed by atoms with E-state index in [1.54, 1.807) is 0 Å². The van der Waals surface area contributed by atoms with E-state index in [-0.39, 0.29) is 6.23 Å². The first-order chi connectivity index (χ1) is 7.20. The van der Waals surface area contributed by atoms with Crippen molar-refractivity contribution in [3.8, 4) is 0 Å². The molecule has 6 heteroatoms. The second-order valence-corrected chi connectivity index (χ2v) is 3.33. The molecule has 0 aliphatic carbocycles. The fraction of sp³-hybridized carbons (Fsp3) is 0.444. The Morgan fingerprint density at radius 1 is 1.60 bits per heavy atom. The molecule has 1 unspecified atom stereocenters. The van der Waals surface area contributed by atoms with E-state index >= 15 is 0 Å². The molecule has 0 bridgehead atoms. The van der Waals surface area contributed by atoms with Gasteiger partial charge in [-0.2, -0.15) is 0 Å². The van der Waals surface area contributed by atoms with Crippen LogP contribution in [0.1, 0.15) is 19.1 Å². The summed E-state index contributed by atoms with van der Waals surface area (Å²) >= 11 is 0. The Hall–Kier alpha value is -1.69. The van der Waals surface area contributed by atoms with Gasteiger partial charge in [-0.3, -0.25) is 19.5 Å². The summed E-state index contributed by atoms with van der Waals surface area (Å²) in [6.07, 6.45) is 2.77. The van der Waals surface area contributed by atoms with Crippen LogP contribution >= 0.6 is 0 Å². The van der Waals surface area contributed by atoms with Crippen molar-refractivity contribution in [2.24, 2.45) is 0 Å². The SMILES string of the molecule is O=c1c([N+](=O)[O-])cccn1C1CCCO1. The van der Waals surface area contributed by atoms with E-state index in [4.69, 9.17) is 4.74 Å². The van der Waals surface area contributed by atoms with Crippen LogP contribution in [0, 0.1) is 10.1 Å². The van der Waals surface area contributed by atoms with Crippen LogP contribution in [0.3, 0.4) is 0 Å². The lowest BCUT2D eigenvalue weighted by atomic mass is 10.3. The maximum absolute atomic E-state index is 11.6. The van der Waals surface area contributed by atoms with Crippen LogP contribution in [-0.2, 0) is 4.74 Å². The number of hydrogen-bond donors (Lipinski definition) is 0. The number of pyridine rings is 1. The normalized spacial score (nSPS) is 20.4. The van der Waals surface area contributed by atoms with Gasteiger partial charge in [-0.1, -0.05) is 0 Å². The molecule has 1 fully saturated rings. The first-order valence-electron chi connectivity index (χ1n) is 4.67.